The van der Waals surface area contributed by atoms with Crippen LogP contribution in [0.15, 0.2) is 0 Å². The minimum absolute atomic E-state index is 0.0906. The molecule has 0 aliphatic rings. The molecule has 0 aromatic rings. The summed E-state index contributed by atoms with van der Waals surface area (Å²) < 4.78 is 22.4. The van der Waals surface area contributed by atoms with Crippen LogP contribution in [0.25, 0.3) is 0 Å². The number of nitrogens with zero attached hydrogens (tertiary/aromatic N) is 3. The number of rotatable bonds is 27. The lowest BCUT2D eigenvalue weighted by molar-refractivity contribution is -0.145. The largest absolute Gasteiger partial charge is 0.480 e. The number of carboxylic acid groups (broad SMARTS) is 5. The van der Waals surface area contributed by atoms with Crippen molar-refractivity contribution in [2.75, 3.05) is 65.6 Å². The van der Waals surface area contributed by atoms with Crippen molar-refractivity contribution < 1.29 is 68.0 Å². The number of hydrogen-bond donors (Lipinski definition) is 6. The first-order chi connectivity index (χ1) is 19.1. The van der Waals surface area contributed by atoms with Gasteiger partial charge in [-0.1, -0.05) is 39.0 Å². The fraction of sp³-hybridized carbons (Fsp3) is 0.783. The van der Waals surface area contributed by atoms with Crippen molar-refractivity contribution >= 4 is 37.7 Å². The molecule has 0 saturated carbocycles. The first-order valence-corrected chi connectivity index (χ1v) is 14.5. The molecule has 0 fully saturated rings. The number of carbonyl (C=O) groups is 5. The van der Waals surface area contributed by atoms with E-state index in [4.69, 9.17) is 19.3 Å². The standard InChI is InChI=1S/C23H42N3O14P/c1-2-3-4-5-6-7-10-39-41(37,38)40-17-18(26(15-22(33)34)16-23(35)36)11-24(12-19(27)28)8-9-25(13-20(29)30)14-21(31)32/h18H,2-17H2,1H3,(H,27,28)(H,29,30)(H,31,32)(H,33,34)(H,35,36)(H,37,38). The Kier molecular flexibility index (Phi) is 19.7. The molecular formula is C23H42N3O14P. The first-order valence-electron chi connectivity index (χ1n) is 13.0. The van der Waals surface area contributed by atoms with Crippen LogP contribution in [0.4, 0.5) is 0 Å². The van der Waals surface area contributed by atoms with Crippen molar-refractivity contribution in [2.24, 2.45) is 0 Å². The summed E-state index contributed by atoms with van der Waals surface area (Å²) in [5.74, 6) is -6.85. The third-order valence-electron chi connectivity index (χ3n) is 5.65. The lowest BCUT2D eigenvalue weighted by atomic mass is 10.1. The molecule has 0 heterocycles. The summed E-state index contributed by atoms with van der Waals surface area (Å²) in [5.41, 5.74) is 0. The molecule has 0 amide bonds. The monoisotopic (exact) mass is 615 g/mol. The maximum Gasteiger partial charge on any atom is 0.472 e. The molecule has 0 bridgehead atoms. The molecule has 6 N–H and O–H groups in total. The highest BCUT2D eigenvalue weighted by Gasteiger charge is 2.30. The Bertz CT molecular complexity index is 858. The second-order valence-corrected chi connectivity index (χ2v) is 10.8. The average Bonchev–Trinajstić information content (AvgIpc) is 2.82. The zero-order valence-corrected chi connectivity index (χ0v) is 24.0. The summed E-state index contributed by atoms with van der Waals surface area (Å²) in [6.07, 6.45) is 5.32. The Labute approximate surface area is 237 Å². The molecule has 18 heteroatoms. The number of carboxylic acids is 5. The van der Waals surface area contributed by atoms with Gasteiger partial charge in [-0.3, -0.25) is 47.7 Å². The lowest BCUT2D eigenvalue weighted by Crippen LogP contribution is -2.52. The van der Waals surface area contributed by atoms with Crippen LogP contribution in [0.5, 0.6) is 0 Å². The predicted octanol–water partition coefficient (Wildman–Crippen LogP) is 0.178. The van der Waals surface area contributed by atoms with Gasteiger partial charge in [-0.25, -0.2) is 4.57 Å². The average molecular weight is 616 g/mol. The van der Waals surface area contributed by atoms with Crippen molar-refractivity contribution in [3.8, 4) is 0 Å². The molecule has 0 aromatic heterocycles. The number of aliphatic carboxylic acids is 5. The van der Waals surface area contributed by atoms with Gasteiger partial charge in [-0.05, 0) is 6.42 Å². The van der Waals surface area contributed by atoms with Gasteiger partial charge < -0.3 is 30.4 Å². The van der Waals surface area contributed by atoms with E-state index in [0.29, 0.717) is 6.42 Å². The fourth-order valence-corrected chi connectivity index (χ4v) is 4.61. The van der Waals surface area contributed by atoms with Gasteiger partial charge in [-0.15, -0.1) is 0 Å². The zero-order chi connectivity index (χ0) is 31.4. The molecular weight excluding hydrogens is 573 g/mol. The predicted molar refractivity (Wildman–Crippen MR) is 142 cm³/mol. The summed E-state index contributed by atoms with van der Waals surface area (Å²) in [4.78, 5) is 69.7. The van der Waals surface area contributed by atoms with E-state index in [9.17, 15) is 48.8 Å². The van der Waals surface area contributed by atoms with Gasteiger partial charge in [-0.2, -0.15) is 0 Å². The smallest absolute Gasteiger partial charge is 0.472 e. The molecule has 0 aliphatic carbocycles. The molecule has 0 rings (SSSR count). The Morgan fingerprint density at radius 2 is 1.10 bits per heavy atom. The summed E-state index contributed by atoms with van der Waals surface area (Å²) in [5, 5.41) is 46.0. The topological polar surface area (TPSA) is 252 Å². The molecule has 41 heavy (non-hydrogen) atoms. The van der Waals surface area contributed by atoms with Crippen LogP contribution in [-0.2, 0) is 37.6 Å². The Morgan fingerprint density at radius 3 is 1.59 bits per heavy atom. The van der Waals surface area contributed by atoms with Gasteiger partial charge in [0.15, 0.2) is 0 Å². The minimum Gasteiger partial charge on any atom is -0.480 e. The minimum atomic E-state index is -4.64. The van der Waals surface area contributed by atoms with Gasteiger partial charge in [0, 0.05) is 25.7 Å². The highest BCUT2D eigenvalue weighted by atomic mass is 31.2. The maximum atomic E-state index is 12.4. The molecule has 0 spiro atoms. The highest BCUT2D eigenvalue weighted by molar-refractivity contribution is 7.47. The van der Waals surface area contributed by atoms with E-state index in [1.165, 1.54) is 4.90 Å². The Hall–Kier alpha value is -2.66. The van der Waals surface area contributed by atoms with Gasteiger partial charge in [0.25, 0.3) is 0 Å². The SMILES string of the molecule is CCCCCCCCOP(=O)(O)OCC(CN(CCN(CC(=O)O)CC(=O)O)CC(=O)O)N(CC(=O)O)CC(=O)O. The number of hydrogen-bond acceptors (Lipinski definition) is 11. The molecule has 0 saturated heterocycles. The molecule has 2 unspecified atom stereocenters. The van der Waals surface area contributed by atoms with Gasteiger partial charge in [0.2, 0.25) is 0 Å². The molecule has 0 aliphatic heterocycles. The first kappa shape index (κ1) is 38.3. The van der Waals surface area contributed by atoms with Crippen LogP contribution in [0.3, 0.4) is 0 Å². The van der Waals surface area contributed by atoms with E-state index < -0.39 is 89.6 Å². The van der Waals surface area contributed by atoms with Gasteiger partial charge >= 0.3 is 37.7 Å². The molecule has 0 aromatic carbocycles. The van der Waals surface area contributed by atoms with Crippen LogP contribution >= 0.6 is 7.82 Å². The van der Waals surface area contributed by atoms with Crippen LogP contribution in [0, 0.1) is 0 Å². The Balaban J connectivity index is 5.64. The summed E-state index contributed by atoms with van der Waals surface area (Å²) >= 11 is 0. The van der Waals surface area contributed by atoms with E-state index in [1.54, 1.807) is 0 Å². The van der Waals surface area contributed by atoms with Crippen LogP contribution in [0.2, 0.25) is 0 Å². The second kappa shape index (κ2) is 21.1. The highest BCUT2D eigenvalue weighted by Crippen LogP contribution is 2.43. The molecule has 17 nitrogen and oxygen atoms in total. The zero-order valence-electron chi connectivity index (χ0n) is 23.1. The third kappa shape index (κ3) is 21.7. The normalized spacial score (nSPS) is 13.8. The van der Waals surface area contributed by atoms with E-state index in [0.717, 1.165) is 41.9 Å². The molecule has 0 radical (unpaired) electrons. The molecule has 2 atom stereocenters. The van der Waals surface area contributed by atoms with Crippen LogP contribution in [-0.4, -0.2) is 147 Å². The van der Waals surface area contributed by atoms with Crippen molar-refractivity contribution in [1.29, 1.82) is 0 Å². The second-order valence-electron chi connectivity index (χ2n) is 9.34. The number of phosphoric acid groups is 1. The maximum absolute atomic E-state index is 12.4. The van der Waals surface area contributed by atoms with Gasteiger partial charge in [0.05, 0.1) is 45.9 Å². The summed E-state index contributed by atoms with van der Waals surface area (Å²) in [6.45, 7) is -3.23. The van der Waals surface area contributed by atoms with Gasteiger partial charge in [0.1, 0.15) is 0 Å². The van der Waals surface area contributed by atoms with Crippen molar-refractivity contribution in [2.45, 2.75) is 51.5 Å². The van der Waals surface area contributed by atoms with Crippen molar-refractivity contribution in [3.05, 3.63) is 0 Å². The third-order valence-corrected chi connectivity index (χ3v) is 6.64. The van der Waals surface area contributed by atoms with E-state index >= 15 is 0 Å². The lowest BCUT2D eigenvalue weighted by Gasteiger charge is -2.34. The fourth-order valence-electron chi connectivity index (χ4n) is 3.82. The number of phosphoric ester groups is 1. The van der Waals surface area contributed by atoms with Crippen LogP contribution < -0.4 is 0 Å². The van der Waals surface area contributed by atoms with Crippen molar-refractivity contribution in [3.63, 3.8) is 0 Å². The van der Waals surface area contributed by atoms with E-state index in [1.807, 2.05) is 0 Å². The van der Waals surface area contributed by atoms with Crippen LogP contribution in [0.1, 0.15) is 45.4 Å². The van der Waals surface area contributed by atoms with E-state index in [-0.39, 0.29) is 19.7 Å². The number of unbranched alkanes of at least 4 members (excludes halogenated alkanes) is 5. The quantitative estimate of drug-likeness (QED) is 0.0532. The van der Waals surface area contributed by atoms with Crippen molar-refractivity contribution in [1.82, 2.24) is 14.7 Å². The van der Waals surface area contributed by atoms with E-state index in [2.05, 4.69) is 6.92 Å². The Morgan fingerprint density at radius 1 is 0.659 bits per heavy atom. The molecule has 238 valence electrons. The summed E-state index contributed by atoms with van der Waals surface area (Å²) in [6, 6.07) is -1.24. The summed E-state index contributed by atoms with van der Waals surface area (Å²) in [7, 11) is -4.64.